The molecule has 3 N–H and O–H groups in total. The van der Waals surface area contributed by atoms with E-state index in [-0.39, 0.29) is 24.4 Å². The number of aryl methyl sites for hydroxylation is 1. The third-order valence-corrected chi connectivity index (χ3v) is 4.31. The minimum atomic E-state index is -0.353. The molecule has 0 spiro atoms. The van der Waals surface area contributed by atoms with Crippen LogP contribution in [-0.4, -0.2) is 15.9 Å². The lowest BCUT2D eigenvalue weighted by atomic mass is 9.92. The number of pyridine rings is 2. The summed E-state index contributed by atoms with van der Waals surface area (Å²) in [6.07, 6.45) is 5.27. The van der Waals surface area contributed by atoms with Gasteiger partial charge in [-0.1, -0.05) is 12.1 Å². The van der Waals surface area contributed by atoms with Gasteiger partial charge in [-0.3, -0.25) is 14.8 Å². The molecule has 0 aliphatic carbocycles. The summed E-state index contributed by atoms with van der Waals surface area (Å²) in [5.74, 6) is -0.353. The molecule has 1 aliphatic rings. The largest absolute Gasteiger partial charge is 0.369 e. The van der Waals surface area contributed by atoms with Crippen molar-refractivity contribution in [1.29, 1.82) is 0 Å². The van der Waals surface area contributed by atoms with Crippen LogP contribution in [0.4, 0.5) is 0 Å². The standard InChI is InChI=1S/C18H22N4O/c1-12-5-4-10-20-18(12)16-9-3-8-15(22-16)14-7-2-6-13(21-14)11-17(19)23/h2,4-7,10,15-16,22H,3,8-9,11H2,1H3,(H2,19,23). The summed E-state index contributed by atoms with van der Waals surface area (Å²) in [6.45, 7) is 2.10. The molecule has 0 aromatic carbocycles. The van der Waals surface area contributed by atoms with Crippen molar-refractivity contribution in [1.82, 2.24) is 15.3 Å². The number of rotatable bonds is 4. The van der Waals surface area contributed by atoms with Gasteiger partial charge in [0.15, 0.2) is 0 Å². The predicted octanol–water partition coefficient (Wildman–Crippen LogP) is 2.37. The van der Waals surface area contributed by atoms with Gasteiger partial charge in [-0.05, 0) is 49.9 Å². The highest BCUT2D eigenvalue weighted by Gasteiger charge is 2.26. The zero-order valence-corrected chi connectivity index (χ0v) is 13.3. The monoisotopic (exact) mass is 310 g/mol. The van der Waals surface area contributed by atoms with Gasteiger partial charge in [0, 0.05) is 12.2 Å². The Bertz CT molecular complexity index is 701. The first kappa shape index (κ1) is 15.6. The van der Waals surface area contributed by atoms with Crippen LogP contribution in [0.1, 0.15) is 54.0 Å². The Morgan fingerprint density at radius 3 is 2.87 bits per heavy atom. The van der Waals surface area contributed by atoms with Gasteiger partial charge in [-0.25, -0.2) is 0 Å². The van der Waals surface area contributed by atoms with E-state index >= 15 is 0 Å². The molecule has 0 bridgehead atoms. The van der Waals surface area contributed by atoms with Crippen LogP contribution in [0, 0.1) is 6.92 Å². The molecule has 0 saturated carbocycles. The van der Waals surface area contributed by atoms with Crippen LogP contribution in [-0.2, 0) is 11.2 Å². The van der Waals surface area contributed by atoms with Crippen LogP contribution in [0.3, 0.4) is 0 Å². The lowest BCUT2D eigenvalue weighted by Crippen LogP contribution is -2.32. The quantitative estimate of drug-likeness (QED) is 0.908. The van der Waals surface area contributed by atoms with Gasteiger partial charge in [-0.15, -0.1) is 0 Å². The predicted molar refractivity (Wildman–Crippen MR) is 88.6 cm³/mol. The molecular formula is C18H22N4O. The van der Waals surface area contributed by atoms with E-state index in [4.69, 9.17) is 5.73 Å². The number of carbonyl (C=O) groups excluding carboxylic acids is 1. The molecule has 2 unspecified atom stereocenters. The molecule has 5 heteroatoms. The number of nitrogens with two attached hydrogens (primary N) is 1. The molecule has 0 radical (unpaired) electrons. The number of amides is 1. The second-order valence-corrected chi connectivity index (χ2v) is 6.11. The number of hydrogen-bond acceptors (Lipinski definition) is 4. The summed E-state index contributed by atoms with van der Waals surface area (Å²) in [5.41, 5.74) is 9.29. The van der Waals surface area contributed by atoms with E-state index in [9.17, 15) is 4.79 Å². The normalized spacial score (nSPS) is 21.1. The van der Waals surface area contributed by atoms with Crippen LogP contribution in [0.2, 0.25) is 0 Å². The van der Waals surface area contributed by atoms with Gasteiger partial charge in [0.2, 0.25) is 5.91 Å². The molecule has 1 fully saturated rings. The number of primary amides is 1. The molecule has 1 amide bonds. The van der Waals surface area contributed by atoms with E-state index in [1.165, 1.54) is 5.56 Å². The second kappa shape index (κ2) is 6.87. The first-order chi connectivity index (χ1) is 11.1. The van der Waals surface area contributed by atoms with Crippen molar-refractivity contribution >= 4 is 5.91 Å². The highest BCUT2D eigenvalue weighted by Crippen LogP contribution is 2.32. The average molecular weight is 310 g/mol. The van der Waals surface area contributed by atoms with Gasteiger partial charge in [-0.2, -0.15) is 0 Å². The Hall–Kier alpha value is -2.27. The molecule has 1 saturated heterocycles. The van der Waals surface area contributed by atoms with Crippen molar-refractivity contribution in [3.05, 3.63) is 59.2 Å². The summed E-state index contributed by atoms with van der Waals surface area (Å²) in [5, 5.41) is 3.67. The second-order valence-electron chi connectivity index (χ2n) is 6.11. The van der Waals surface area contributed by atoms with Crippen molar-refractivity contribution in [2.24, 2.45) is 5.73 Å². The third kappa shape index (κ3) is 3.74. The van der Waals surface area contributed by atoms with Crippen LogP contribution in [0.5, 0.6) is 0 Å². The lowest BCUT2D eigenvalue weighted by Gasteiger charge is -2.31. The number of aromatic nitrogens is 2. The smallest absolute Gasteiger partial charge is 0.223 e. The van der Waals surface area contributed by atoms with Crippen molar-refractivity contribution in [2.75, 3.05) is 0 Å². The third-order valence-electron chi connectivity index (χ3n) is 4.31. The number of nitrogens with zero attached hydrogens (tertiary/aromatic N) is 2. The summed E-state index contributed by atoms with van der Waals surface area (Å²) >= 11 is 0. The van der Waals surface area contributed by atoms with Crippen LogP contribution in [0.25, 0.3) is 0 Å². The van der Waals surface area contributed by atoms with E-state index in [1.54, 1.807) is 0 Å². The maximum absolute atomic E-state index is 11.1. The maximum atomic E-state index is 11.1. The topological polar surface area (TPSA) is 80.9 Å². The van der Waals surface area contributed by atoms with Crippen molar-refractivity contribution < 1.29 is 4.79 Å². The molecule has 2 atom stereocenters. The number of nitrogens with one attached hydrogen (secondary N) is 1. The molecule has 5 nitrogen and oxygen atoms in total. The molecule has 3 heterocycles. The van der Waals surface area contributed by atoms with Gasteiger partial charge in [0.1, 0.15) is 0 Å². The molecule has 3 rings (SSSR count). The van der Waals surface area contributed by atoms with E-state index < -0.39 is 0 Å². The molecule has 120 valence electrons. The number of piperidine rings is 1. The SMILES string of the molecule is Cc1cccnc1C1CCCC(c2cccc(CC(N)=O)n2)N1. The Morgan fingerprint density at radius 1 is 1.26 bits per heavy atom. The van der Waals surface area contributed by atoms with Gasteiger partial charge in [0.05, 0.1) is 29.5 Å². The van der Waals surface area contributed by atoms with E-state index in [2.05, 4.69) is 28.3 Å². The Balaban J connectivity index is 1.79. The summed E-state index contributed by atoms with van der Waals surface area (Å²) in [6, 6.07) is 10.3. The first-order valence-corrected chi connectivity index (χ1v) is 8.05. The zero-order valence-electron chi connectivity index (χ0n) is 13.3. The van der Waals surface area contributed by atoms with E-state index in [0.717, 1.165) is 36.3 Å². The number of carbonyl (C=O) groups is 1. The average Bonchev–Trinajstić information content (AvgIpc) is 2.55. The fourth-order valence-electron chi connectivity index (χ4n) is 3.22. The Kier molecular flexibility index (Phi) is 4.67. The summed E-state index contributed by atoms with van der Waals surface area (Å²) in [7, 11) is 0. The minimum absolute atomic E-state index is 0.183. The fourth-order valence-corrected chi connectivity index (χ4v) is 3.22. The first-order valence-electron chi connectivity index (χ1n) is 8.05. The highest BCUT2D eigenvalue weighted by atomic mass is 16.1. The van der Waals surface area contributed by atoms with Gasteiger partial charge < -0.3 is 11.1 Å². The van der Waals surface area contributed by atoms with Crippen molar-refractivity contribution in [3.63, 3.8) is 0 Å². The fraction of sp³-hybridized carbons (Fsp3) is 0.389. The highest BCUT2D eigenvalue weighted by molar-refractivity contribution is 5.76. The minimum Gasteiger partial charge on any atom is -0.369 e. The Labute approximate surface area is 136 Å². The van der Waals surface area contributed by atoms with Crippen LogP contribution >= 0.6 is 0 Å². The maximum Gasteiger partial charge on any atom is 0.223 e. The number of hydrogen-bond donors (Lipinski definition) is 2. The van der Waals surface area contributed by atoms with Crippen molar-refractivity contribution in [3.8, 4) is 0 Å². The van der Waals surface area contributed by atoms with E-state index in [0.29, 0.717) is 0 Å². The van der Waals surface area contributed by atoms with E-state index in [1.807, 2.05) is 30.5 Å². The van der Waals surface area contributed by atoms with Gasteiger partial charge >= 0.3 is 0 Å². The van der Waals surface area contributed by atoms with Crippen LogP contribution < -0.4 is 11.1 Å². The molecular weight excluding hydrogens is 288 g/mol. The summed E-state index contributed by atoms with van der Waals surface area (Å²) in [4.78, 5) is 20.2. The van der Waals surface area contributed by atoms with Crippen LogP contribution in [0.15, 0.2) is 36.5 Å². The summed E-state index contributed by atoms with van der Waals surface area (Å²) < 4.78 is 0. The molecule has 2 aromatic rings. The molecule has 1 aliphatic heterocycles. The lowest BCUT2D eigenvalue weighted by molar-refractivity contribution is -0.117. The van der Waals surface area contributed by atoms with Crippen molar-refractivity contribution in [2.45, 2.75) is 44.7 Å². The molecule has 2 aromatic heterocycles. The Morgan fingerprint density at radius 2 is 2.09 bits per heavy atom. The zero-order chi connectivity index (χ0) is 16.2. The van der Waals surface area contributed by atoms with Gasteiger partial charge in [0.25, 0.3) is 0 Å². The molecule has 23 heavy (non-hydrogen) atoms.